The molecule has 1 heterocycles. The number of hydrogen-bond donors (Lipinski definition) is 1. The highest BCUT2D eigenvalue weighted by Gasteiger charge is 2.27. The number of thioether (sulfide) groups is 1. The molecule has 1 saturated heterocycles. The minimum Gasteiger partial charge on any atom is -0.313 e. The van der Waals surface area contributed by atoms with Crippen molar-refractivity contribution in [3.05, 3.63) is 34.9 Å². The first-order valence-electron chi connectivity index (χ1n) is 6.35. The van der Waals surface area contributed by atoms with Gasteiger partial charge in [-0.3, -0.25) is 0 Å². The molecule has 0 aromatic heterocycles. The number of halogens is 1. The van der Waals surface area contributed by atoms with Gasteiger partial charge in [-0.15, -0.1) is 0 Å². The molecular weight excluding hydrogens is 250 g/mol. The van der Waals surface area contributed by atoms with Gasteiger partial charge in [0.15, 0.2) is 0 Å². The first kappa shape index (κ1) is 13.3. The van der Waals surface area contributed by atoms with E-state index in [1.54, 1.807) is 0 Å². The SMILES string of the molecule is CCCNC1CSCC1Cc1ccccc1Cl. The molecule has 1 aliphatic heterocycles. The Labute approximate surface area is 113 Å². The van der Waals surface area contributed by atoms with Crippen LogP contribution in [0.25, 0.3) is 0 Å². The smallest absolute Gasteiger partial charge is 0.0438 e. The van der Waals surface area contributed by atoms with Crippen LogP contribution in [0.4, 0.5) is 0 Å². The van der Waals surface area contributed by atoms with Crippen LogP contribution in [0.1, 0.15) is 18.9 Å². The van der Waals surface area contributed by atoms with E-state index < -0.39 is 0 Å². The predicted molar refractivity (Wildman–Crippen MR) is 78.1 cm³/mol. The molecule has 0 spiro atoms. The second kappa shape index (κ2) is 6.67. The highest BCUT2D eigenvalue weighted by molar-refractivity contribution is 7.99. The van der Waals surface area contributed by atoms with Gasteiger partial charge in [-0.25, -0.2) is 0 Å². The fourth-order valence-corrected chi connectivity index (χ4v) is 3.95. The Morgan fingerprint density at radius 3 is 2.94 bits per heavy atom. The minimum absolute atomic E-state index is 0.663. The van der Waals surface area contributed by atoms with Gasteiger partial charge < -0.3 is 5.32 Å². The molecule has 17 heavy (non-hydrogen) atoms. The predicted octanol–water partition coefficient (Wildman–Crippen LogP) is 3.61. The average molecular weight is 270 g/mol. The summed E-state index contributed by atoms with van der Waals surface area (Å²) in [5.74, 6) is 3.23. The Bertz CT molecular complexity index is 356. The molecule has 0 radical (unpaired) electrons. The van der Waals surface area contributed by atoms with E-state index in [1.165, 1.54) is 23.5 Å². The zero-order valence-electron chi connectivity index (χ0n) is 10.3. The van der Waals surface area contributed by atoms with Gasteiger partial charge in [0.2, 0.25) is 0 Å². The molecule has 2 atom stereocenters. The van der Waals surface area contributed by atoms with Gasteiger partial charge in [0, 0.05) is 16.8 Å². The lowest BCUT2D eigenvalue weighted by atomic mass is 9.95. The lowest BCUT2D eigenvalue weighted by Crippen LogP contribution is -2.36. The summed E-state index contributed by atoms with van der Waals surface area (Å²) in [4.78, 5) is 0. The zero-order chi connectivity index (χ0) is 12.1. The summed E-state index contributed by atoms with van der Waals surface area (Å²) < 4.78 is 0. The Hall–Kier alpha value is -0.180. The van der Waals surface area contributed by atoms with Gasteiger partial charge in [-0.1, -0.05) is 36.7 Å². The molecule has 0 saturated carbocycles. The van der Waals surface area contributed by atoms with Gasteiger partial charge in [0.25, 0.3) is 0 Å². The molecule has 1 aromatic rings. The first-order chi connectivity index (χ1) is 8.31. The molecule has 2 unspecified atom stereocenters. The average Bonchev–Trinajstić information content (AvgIpc) is 2.77. The number of nitrogens with one attached hydrogen (secondary N) is 1. The van der Waals surface area contributed by atoms with Crippen LogP contribution in [0.15, 0.2) is 24.3 Å². The quantitative estimate of drug-likeness (QED) is 0.876. The Kier molecular flexibility index (Phi) is 5.20. The third kappa shape index (κ3) is 3.64. The molecule has 1 fully saturated rings. The number of hydrogen-bond acceptors (Lipinski definition) is 2. The monoisotopic (exact) mass is 269 g/mol. The largest absolute Gasteiger partial charge is 0.313 e. The van der Waals surface area contributed by atoms with E-state index in [-0.39, 0.29) is 0 Å². The summed E-state index contributed by atoms with van der Waals surface area (Å²) in [7, 11) is 0. The van der Waals surface area contributed by atoms with E-state index in [2.05, 4.69) is 36.1 Å². The van der Waals surface area contributed by atoms with Crippen LogP contribution in [-0.4, -0.2) is 24.1 Å². The van der Waals surface area contributed by atoms with E-state index >= 15 is 0 Å². The molecule has 2 rings (SSSR count). The van der Waals surface area contributed by atoms with E-state index in [9.17, 15) is 0 Å². The van der Waals surface area contributed by atoms with Crippen molar-refractivity contribution in [1.29, 1.82) is 0 Å². The highest BCUT2D eigenvalue weighted by Crippen LogP contribution is 2.29. The molecule has 0 bridgehead atoms. The van der Waals surface area contributed by atoms with Gasteiger partial charge >= 0.3 is 0 Å². The molecule has 3 heteroatoms. The highest BCUT2D eigenvalue weighted by atomic mass is 35.5. The summed E-state index contributed by atoms with van der Waals surface area (Å²) in [6, 6.07) is 8.89. The van der Waals surface area contributed by atoms with Crippen LogP contribution in [0.2, 0.25) is 5.02 Å². The second-order valence-electron chi connectivity index (χ2n) is 4.65. The molecule has 1 N–H and O–H groups in total. The van der Waals surface area contributed by atoms with Crippen molar-refractivity contribution < 1.29 is 0 Å². The van der Waals surface area contributed by atoms with Crippen LogP contribution in [-0.2, 0) is 6.42 Å². The summed E-state index contributed by atoms with van der Waals surface area (Å²) in [6.45, 7) is 3.35. The molecule has 94 valence electrons. The molecule has 1 aromatic carbocycles. The maximum atomic E-state index is 6.23. The van der Waals surface area contributed by atoms with Crippen molar-refractivity contribution >= 4 is 23.4 Å². The fraction of sp³-hybridized carbons (Fsp3) is 0.571. The third-order valence-electron chi connectivity index (χ3n) is 3.29. The van der Waals surface area contributed by atoms with Crippen LogP contribution in [0.3, 0.4) is 0 Å². The van der Waals surface area contributed by atoms with Gasteiger partial charge in [-0.05, 0) is 42.7 Å². The van der Waals surface area contributed by atoms with Crippen molar-refractivity contribution in [1.82, 2.24) is 5.32 Å². The number of rotatable bonds is 5. The molecule has 1 aliphatic rings. The van der Waals surface area contributed by atoms with Gasteiger partial charge in [0.05, 0.1) is 0 Å². The summed E-state index contributed by atoms with van der Waals surface area (Å²) in [6.07, 6.45) is 2.31. The van der Waals surface area contributed by atoms with E-state index in [0.717, 1.165) is 23.9 Å². The maximum absolute atomic E-state index is 6.23. The third-order valence-corrected chi connectivity index (χ3v) is 4.92. The van der Waals surface area contributed by atoms with Crippen LogP contribution in [0.5, 0.6) is 0 Å². The Morgan fingerprint density at radius 2 is 2.18 bits per heavy atom. The first-order valence-corrected chi connectivity index (χ1v) is 7.89. The van der Waals surface area contributed by atoms with E-state index in [4.69, 9.17) is 11.6 Å². The van der Waals surface area contributed by atoms with E-state index in [1.807, 2.05) is 12.1 Å². The van der Waals surface area contributed by atoms with Crippen LogP contribution < -0.4 is 5.32 Å². The van der Waals surface area contributed by atoms with Gasteiger partial charge in [0.1, 0.15) is 0 Å². The van der Waals surface area contributed by atoms with E-state index in [0.29, 0.717) is 6.04 Å². The summed E-state index contributed by atoms with van der Waals surface area (Å²) in [5, 5.41) is 4.57. The Morgan fingerprint density at radius 1 is 1.35 bits per heavy atom. The minimum atomic E-state index is 0.663. The standard InChI is InChI=1S/C14H20ClNS/c1-2-7-16-14-10-17-9-12(14)8-11-5-3-4-6-13(11)15/h3-6,12,14,16H,2,7-10H2,1H3. The second-order valence-corrected chi connectivity index (χ2v) is 6.14. The Balaban J connectivity index is 1.95. The lowest BCUT2D eigenvalue weighted by Gasteiger charge is -2.20. The fourth-order valence-electron chi connectivity index (χ4n) is 2.30. The topological polar surface area (TPSA) is 12.0 Å². The van der Waals surface area contributed by atoms with Crippen LogP contribution in [0, 0.1) is 5.92 Å². The molecule has 0 amide bonds. The molecule has 0 aliphatic carbocycles. The molecular formula is C14H20ClNS. The maximum Gasteiger partial charge on any atom is 0.0438 e. The summed E-state index contributed by atoms with van der Waals surface area (Å²) in [5.41, 5.74) is 1.30. The van der Waals surface area contributed by atoms with Crippen molar-refractivity contribution in [3.8, 4) is 0 Å². The number of benzene rings is 1. The molecule has 1 nitrogen and oxygen atoms in total. The van der Waals surface area contributed by atoms with Crippen molar-refractivity contribution in [2.24, 2.45) is 5.92 Å². The normalized spacial score (nSPS) is 24.1. The van der Waals surface area contributed by atoms with Crippen LogP contribution >= 0.6 is 23.4 Å². The van der Waals surface area contributed by atoms with Crippen molar-refractivity contribution in [3.63, 3.8) is 0 Å². The van der Waals surface area contributed by atoms with Crippen molar-refractivity contribution in [2.45, 2.75) is 25.8 Å². The lowest BCUT2D eigenvalue weighted by molar-refractivity contribution is 0.425. The van der Waals surface area contributed by atoms with Crippen molar-refractivity contribution in [2.75, 3.05) is 18.1 Å². The zero-order valence-corrected chi connectivity index (χ0v) is 11.9. The van der Waals surface area contributed by atoms with Gasteiger partial charge in [-0.2, -0.15) is 11.8 Å². The summed E-state index contributed by atoms with van der Waals surface area (Å²) >= 11 is 8.29.